The maximum absolute atomic E-state index is 14.5. The van der Waals surface area contributed by atoms with E-state index >= 15 is 0 Å². The fourth-order valence-corrected chi connectivity index (χ4v) is 3.84. The van der Waals surface area contributed by atoms with Crippen LogP contribution in [-0.2, 0) is 0 Å². The molecule has 0 radical (unpaired) electrons. The normalized spacial score (nSPS) is 20.5. The number of carbonyl (C=O) groups excluding carboxylic acids is 1. The molecule has 1 aromatic rings. The Morgan fingerprint density at radius 1 is 1.12 bits per heavy atom. The standard InChI is InChI=1S/C22H33FO2/c1-4-6-7-8-17-9-11-18(12-10-17)15-25-21-14-13-19(20(24)5-2)16(3)22(21)23/h13-14,17-18H,4-12,15H2,1-3H3. The number of ether oxygens (including phenoxy) is 1. The molecule has 2 nitrogen and oxygen atoms in total. The van der Waals surface area contributed by atoms with Crippen molar-refractivity contribution in [3.05, 3.63) is 29.1 Å². The summed E-state index contributed by atoms with van der Waals surface area (Å²) in [5, 5.41) is 0. The van der Waals surface area contributed by atoms with Crippen LogP contribution in [0.3, 0.4) is 0 Å². The lowest BCUT2D eigenvalue weighted by molar-refractivity contribution is 0.0987. The first-order valence-corrected chi connectivity index (χ1v) is 10.0. The summed E-state index contributed by atoms with van der Waals surface area (Å²) in [6.07, 6.45) is 10.7. The number of unbranched alkanes of at least 4 members (excludes halogenated alkanes) is 2. The van der Waals surface area contributed by atoms with E-state index in [2.05, 4.69) is 6.92 Å². The van der Waals surface area contributed by atoms with Crippen molar-refractivity contribution in [2.75, 3.05) is 6.61 Å². The summed E-state index contributed by atoms with van der Waals surface area (Å²) in [6, 6.07) is 3.31. The highest BCUT2D eigenvalue weighted by Gasteiger charge is 2.22. The molecule has 1 aromatic carbocycles. The van der Waals surface area contributed by atoms with Crippen LogP contribution < -0.4 is 4.74 Å². The number of halogens is 1. The van der Waals surface area contributed by atoms with E-state index in [1.807, 2.05) is 0 Å². The molecule has 140 valence electrons. The predicted molar refractivity (Wildman–Crippen MR) is 101 cm³/mol. The van der Waals surface area contributed by atoms with Crippen LogP contribution in [0.1, 0.15) is 87.6 Å². The van der Waals surface area contributed by atoms with E-state index in [1.54, 1.807) is 26.0 Å². The first-order valence-electron chi connectivity index (χ1n) is 10.0. The van der Waals surface area contributed by atoms with Crippen molar-refractivity contribution in [2.45, 2.75) is 78.6 Å². The Morgan fingerprint density at radius 3 is 2.44 bits per heavy atom. The number of benzene rings is 1. The molecule has 1 aliphatic rings. The summed E-state index contributed by atoms with van der Waals surface area (Å²) >= 11 is 0. The van der Waals surface area contributed by atoms with Gasteiger partial charge in [-0.05, 0) is 49.3 Å². The molecule has 0 aromatic heterocycles. The third-order valence-corrected chi connectivity index (χ3v) is 5.63. The van der Waals surface area contributed by atoms with Crippen LogP contribution in [0.4, 0.5) is 4.39 Å². The molecule has 1 aliphatic carbocycles. The molecule has 0 atom stereocenters. The molecule has 1 saturated carbocycles. The Balaban J connectivity index is 1.82. The Kier molecular flexibility index (Phi) is 7.92. The zero-order valence-corrected chi connectivity index (χ0v) is 16.1. The second-order valence-corrected chi connectivity index (χ2v) is 7.52. The molecular formula is C22H33FO2. The summed E-state index contributed by atoms with van der Waals surface area (Å²) in [6.45, 7) is 6.29. The van der Waals surface area contributed by atoms with E-state index in [-0.39, 0.29) is 17.3 Å². The van der Waals surface area contributed by atoms with Crippen LogP contribution in [0.25, 0.3) is 0 Å². The van der Waals surface area contributed by atoms with Crippen molar-refractivity contribution in [3.63, 3.8) is 0 Å². The van der Waals surface area contributed by atoms with E-state index in [1.165, 1.54) is 51.4 Å². The van der Waals surface area contributed by atoms with Crippen LogP contribution in [0.15, 0.2) is 12.1 Å². The van der Waals surface area contributed by atoms with Gasteiger partial charge in [-0.2, -0.15) is 0 Å². The van der Waals surface area contributed by atoms with Crippen LogP contribution >= 0.6 is 0 Å². The van der Waals surface area contributed by atoms with Gasteiger partial charge >= 0.3 is 0 Å². The molecule has 0 amide bonds. The molecule has 25 heavy (non-hydrogen) atoms. The molecule has 2 rings (SSSR count). The van der Waals surface area contributed by atoms with Gasteiger partial charge in [-0.25, -0.2) is 4.39 Å². The van der Waals surface area contributed by atoms with E-state index < -0.39 is 0 Å². The van der Waals surface area contributed by atoms with Crippen molar-refractivity contribution < 1.29 is 13.9 Å². The minimum atomic E-state index is -0.382. The monoisotopic (exact) mass is 348 g/mol. The zero-order valence-electron chi connectivity index (χ0n) is 16.1. The van der Waals surface area contributed by atoms with Crippen LogP contribution in [-0.4, -0.2) is 12.4 Å². The van der Waals surface area contributed by atoms with Crippen molar-refractivity contribution in [2.24, 2.45) is 11.8 Å². The van der Waals surface area contributed by atoms with Gasteiger partial charge in [0, 0.05) is 12.0 Å². The van der Waals surface area contributed by atoms with Crippen LogP contribution in [0, 0.1) is 24.6 Å². The highest BCUT2D eigenvalue weighted by atomic mass is 19.1. The summed E-state index contributed by atoms with van der Waals surface area (Å²) in [7, 11) is 0. The molecule has 0 heterocycles. The fraction of sp³-hybridized carbons (Fsp3) is 0.682. The van der Waals surface area contributed by atoms with E-state index in [9.17, 15) is 9.18 Å². The molecule has 0 bridgehead atoms. The van der Waals surface area contributed by atoms with Gasteiger partial charge in [0.15, 0.2) is 17.3 Å². The third-order valence-electron chi connectivity index (χ3n) is 5.63. The Labute approximate surface area is 152 Å². The van der Waals surface area contributed by atoms with Gasteiger partial charge in [0.2, 0.25) is 0 Å². The first kappa shape index (κ1) is 19.9. The Hall–Kier alpha value is -1.38. The van der Waals surface area contributed by atoms with Gasteiger partial charge in [-0.1, -0.05) is 52.4 Å². The highest BCUT2D eigenvalue weighted by molar-refractivity contribution is 5.97. The van der Waals surface area contributed by atoms with Gasteiger partial charge in [-0.15, -0.1) is 0 Å². The Bertz CT molecular complexity index is 559. The second-order valence-electron chi connectivity index (χ2n) is 7.52. The number of rotatable bonds is 9. The minimum absolute atomic E-state index is 0.0238. The molecule has 0 unspecified atom stereocenters. The number of carbonyl (C=O) groups is 1. The lowest BCUT2D eigenvalue weighted by atomic mass is 9.80. The van der Waals surface area contributed by atoms with Crippen molar-refractivity contribution >= 4 is 5.78 Å². The predicted octanol–water partition coefficient (Wildman–Crippen LogP) is 6.49. The average Bonchev–Trinajstić information content (AvgIpc) is 2.63. The molecule has 0 spiro atoms. The smallest absolute Gasteiger partial charge is 0.168 e. The lowest BCUT2D eigenvalue weighted by Gasteiger charge is -2.28. The molecule has 0 N–H and O–H groups in total. The Morgan fingerprint density at radius 2 is 1.80 bits per heavy atom. The molecule has 0 aliphatic heterocycles. The minimum Gasteiger partial charge on any atom is -0.490 e. The van der Waals surface area contributed by atoms with E-state index in [0.717, 1.165) is 5.92 Å². The molecular weight excluding hydrogens is 315 g/mol. The SMILES string of the molecule is CCCCCC1CCC(COc2ccc(C(=O)CC)c(C)c2F)CC1. The van der Waals surface area contributed by atoms with Crippen molar-refractivity contribution in [1.29, 1.82) is 0 Å². The van der Waals surface area contributed by atoms with Gasteiger partial charge < -0.3 is 4.74 Å². The largest absolute Gasteiger partial charge is 0.490 e. The number of Topliss-reactive ketones (excluding diaryl/α,β-unsaturated/α-hetero) is 1. The molecule has 0 saturated heterocycles. The van der Waals surface area contributed by atoms with Gasteiger partial charge in [0.25, 0.3) is 0 Å². The summed E-state index contributed by atoms with van der Waals surface area (Å²) < 4.78 is 20.2. The number of ketones is 1. The summed E-state index contributed by atoms with van der Waals surface area (Å²) in [4.78, 5) is 11.8. The van der Waals surface area contributed by atoms with E-state index in [0.29, 0.717) is 30.1 Å². The van der Waals surface area contributed by atoms with Crippen LogP contribution in [0.5, 0.6) is 5.75 Å². The molecule has 1 fully saturated rings. The quantitative estimate of drug-likeness (QED) is 0.376. The maximum atomic E-state index is 14.5. The van der Waals surface area contributed by atoms with Crippen molar-refractivity contribution in [1.82, 2.24) is 0 Å². The van der Waals surface area contributed by atoms with Gasteiger partial charge in [0.05, 0.1) is 6.61 Å². The van der Waals surface area contributed by atoms with Gasteiger partial charge in [-0.3, -0.25) is 4.79 Å². The van der Waals surface area contributed by atoms with E-state index in [4.69, 9.17) is 4.74 Å². The van der Waals surface area contributed by atoms with Crippen molar-refractivity contribution in [3.8, 4) is 5.75 Å². The summed E-state index contributed by atoms with van der Waals surface area (Å²) in [5.41, 5.74) is 0.879. The number of hydrogen-bond acceptors (Lipinski definition) is 2. The average molecular weight is 349 g/mol. The lowest BCUT2D eigenvalue weighted by Crippen LogP contribution is -2.20. The topological polar surface area (TPSA) is 26.3 Å². The fourth-order valence-electron chi connectivity index (χ4n) is 3.84. The zero-order chi connectivity index (χ0) is 18.2. The summed E-state index contributed by atoms with van der Waals surface area (Å²) in [5.74, 6) is 1.28. The second kappa shape index (κ2) is 9.94. The van der Waals surface area contributed by atoms with Gasteiger partial charge in [0.1, 0.15) is 0 Å². The third kappa shape index (κ3) is 5.55. The highest BCUT2D eigenvalue weighted by Crippen LogP contribution is 2.33. The maximum Gasteiger partial charge on any atom is 0.168 e. The number of hydrogen-bond donors (Lipinski definition) is 0. The van der Waals surface area contributed by atoms with Crippen LogP contribution in [0.2, 0.25) is 0 Å². The first-order chi connectivity index (χ1) is 12.1. The molecule has 3 heteroatoms.